The third kappa shape index (κ3) is 4.28. The van der Waals surface area contributed by atoms with E-state index in [0.717, 1.165) is 23.7 Å². The number of aryl methyl sites for hydroxylation is 1. The molecule has 8 heteroatoms. The Kier molecular flexibility index (Phi) is 5.39. The Bertz CT molecular complexity index is 670. The van der Waals surface area contributed by atoms with Gasteiger partial charge in [0, 0.05) is 32.7 Å². The standard InChI is InChI=1S/C16H21N5O2S/c1-12-18-19-15(24-12)17-16(23)21-9-7-20(8-10-21)11-14(22)13-5-3-2-4-6-13/h2-6,14,22H,7-11H2,1H3,(H,17,19,23). The zero-order valence-electron chi connectivity index (χ0n) is 13.6. The zero-order chi connectivity index (χ0) is 16.9. The van der Waals surface area contributed by atoms with Crippen LogP contribution in [-0.2, 0) is 0 Å². The Morgan fingerprint density at radius 2 is 1.96 bits per heavy atom. The summed E-state index contributed by atoms with van der Waals surface area (Å²) in [5.74, 6) is 0. The smallest absolute Gasteiger partial charge is 0.323 e. The molecule has 7 nitrogen and oxygen atoms in total. The van der Waals surface area contributed by atoms with Gasteiger partial charge in [-0.15, -0.1) is 10.2 Å². The number of piperazine rings is 1. The van der Waals surface area contributed by atoms with E-state index in [1.807, 2.05) is 37.3 Å². The molecule has 3 rings (SSSR count). The van der Waals surface area contributed by atoms with Crippen molar-refractivity contribution in [3.63, 3.8) is 0 Å². The lowest BCUT2D eigenvalue weighted by Gasteiger charge is -2.35. The van der Waals surface area contributed by atoms with Gasteiger partial charge >= 0.3 is 6.03 Å². The molecule has 2 N–H and O–H groups in total. The molecule has 1 aromatic carbocycles. The van der Waals surface area contributed by atoms with Crippen molar-refractivity contribution in [2.24, 2.45) is 0 Å². The van der Waals surface area contributed by atoms with Crippen LogP contribution in [0.15, 0.2) is 30.3 Å². The van der Waals surface area contributed by atoms with Crippen LogP contribution in [0.3, 0.4) is 0 Å². The highest BCUT2D eigenvalue weighted by Crippen LogP contribution is 2.17. The molecule has 2 aromatic rings. The summed E-state index contributed by atoms with van der Waals surface area (Å²) >= 11 is 1.36. The van der Waals surface area contributed by atoms with Gasteiger partial charge in [-0.25, -0.2) is 4.79 Å². The van der Waals surface area contributed by atoms with Gasteiger partial charge in [-0.3, -0.25) is 10.2 Å². The molecular formula is C16H21N5O2S. The summed E-state index contributed by atoms with van der Waals surface area (Å²) < 4.78 is 0. The van der Waals surface area contributed by atoms with Gasteiger partial charge in [0.1, 0.15) is 5.01 Å². The molecule has 24 heavy (non-hydrogen) atoms. The quantitative estimate of drug-likeness (QED) is 0.880. The lowest BCUT2D eigenvalue weighted by Crippen LogP contribution is -2.50. The topological polar surface area (TPSA) is 81.6 Å². The SMILES string of the molecule is Cc1nnc(NC(=O)N2CCN(CC(O)c3ccccc3)CC2)s1. The molecule has 1 saturated heterocycles. The molecule has 1 atom stereocenters. The van der Waals surface area contributed by atoms with Crippen LogP contribution in [-0.4, -0.2) is 63.9 Å². The molecule has 0 spiro atoms. The Hall–Kier alpha value is -2.03. The van der Waals surface area contributed by atoms with Crippen LogP contribution in [0.4, 0.5) is 9.93 Å². The van der Waals surface area contributed by atoms with Gasteiger partial charge in [0.2, 0.25) is 5.13 Å². The normalized spacial score (nSPS) is 16.8. The number of benzene rings is 1. The number of anilines is 1. The van der Waals surface area contributed by atoms with Crippen molar-refractivity contribution in [2.45, 2.75) is 13.0 Å². The highest BCUT2D eigenvalue weighted by atomic mass is 32.1. The number of aliphatic hydroxyl groups excluding tert-OH is 1. The van der Waals surface area contributed by atoms with E-state index in [9.17, 15) is 9.90 Å². The number of hydrogen-bond acceptors (Lipinski definition) is 6. The van der Waals surface area contributed by atoms with Gasteiger partial charge in [0.05, 0.1) is 6.10 Å². The van der Waals surface area contributed by atoms with Crippen molar-refractivity contribution in [1.29, 1.82) is 0 Å². The average molecular weight is 347 g/mol. The van der Waals surface area contributed by atoms with Gasteiger partial charge < -0.3 is 10.0 Å². The monoisotopic (exact) mass is 347 g/mol. The van der Waals surface area contributed by atoms with Crippen molar-refractivity contribution in [3.05, 3.63) is 40.9 Å². The summed E-state index contributed by atoms with van der Waals surface area (Å²) in [5.41, 5.74) is 0.921. The Morgan fingerprint density at radius 1 is 1.25 bits per heavy atom. The van der Waals surface area contributed by atoms with Crippen LogP contribution >= 0.6 is 11.3 Å². The third-order valence-electron chi connectivity index (χ3n) is 4.01. The van der Waals surface area contributed by atoms with Crippen LogP contribution in [0.1, 0.15) is 16.7 Å². The van der Waals surface area contributed by atoms with Crippen LogP contribution < -0.4 is 5.32 Å². The molecule has 1 aromatic heterocycles. The number of amides is 2. The Morgan fingerprint density at radius 3 is 2.58 bits per heavy atom. The van der Waals surface area contributed by atoms with Gasteiger partial charge in [-0.05, 0) is 12.5 Å². The number of rotatable bonds is 4. The van der Waals surface area contributed by atoms with Crippen molar-refractivity contribution in [3.8, 4) is 0 Å². The van der Waals surface area contributed by atoms with E-state index in [1.165, 1.54) is 11.3 Å². The summed E-state index contributed by atoms with van der Waals surface area (Å²) in [7, 11) is 0. The molecular weight excluding hydrogens is 326 g/mol. The summed E-state index contributed by atoms with van der Waals surface area (Å²) in [5, 5.41) is 22.2. The van der Waals surface area contributed by atoms with Gasteiger partial charge in [0.25, 0.3) is 0 Å². The fourth-order valence-electron chi connectivity index (χ4n) is 2.68. The van der Waals surface area contributed by atoms with E-state index < -0.39 is 6.10 Å². The highest BCUT2D eigenvalue weighted by Gasteiger charge is 2.23. The summed E-state index contributed by atoms with van der Waals surface area (Å²) in [4.78, 5) is 16.2. The molecule has 0 bridgehead atoms. The van der Waals surface area contributed by atoms with Gasteiger partial charge in [-0.1, -0.05) is 41.7 Å². The molecule has 0 aliphatic carbocycles. The average Bonchev–Trinajstić information content (AvgIpc) is 3.01. The Balaban J connectivity index is 1.46. The number of carbonyl (C=O) groups is 1. The van der Waals surface area contributed by atoms with Crippen molar-refractivity contribution < 1.29 is 9.90 Å². The maximum atomic E-state index is 12.2. The van der Waals surface area contributed by atoms with E-state index >= 15 is 0 Å². The molecule has 1 unspecified atom stereocenters. The van der Waals surface area contributed by atoms with Crippen molar-refractivity contribution >= 4 is 22.5 Å². The molecule has 1 aliphatic rings. The second-order valence-corrected chi connectivity index (χ2v) is 6.95. The number of nitrogens with zero attached hydrogens (tertiary/aromatic N) is 4. The van der Waals surface area contributed by atoms with E-state index in [0.29, 0.717) is 24.8 Å². The Labute approximate surface area is 144 Å². The molecule has 1 aliphatic heterocycles. The maximum absolute atomic E-state index is 12.2. The molecule has 1 fully saturated rings. The predicted molar refractivity (Wildman–Crippen MR) is 93.1 cm³/mol. The molecule has 128 valence electrons. The summed E-state index contributed by atoms with van der Waals surface area (Å²) in [6.45, 7) is 5.17. The van der Waals surface area contributed by atoms with Gasteiger partial charge in [-0.2, -0.15) is 0 Å². The first-order valence-corrected chi connectivity index (χ1v) is 8.75. The number of hydrogen-bond donors (Lipinski definition) is 2. The van der Waals surface area contributed by atoms with Crippen LogP contribution in [0, 0.1) is 6.92 Å². The van der Waals surface area contributed by atoms with E-state index in [2.05, 4.69) is 20.4 Å². The first kappa shape index (κ1) is 16.8. The fourth-order valence-corrected chi connectivity index (χ4v) is 3.26. The maximum Gasteiger partial charge on any atom is 0.323 e. The molecule has 2 amide bonds. The highest BCUT2D eigenvalue weighted by molar-refractivity contribution is 7.15. The van der Waals surface area contributed by atoms with Crippen LogP contribution in [0.2, 0.25) is 0 Å². The van der Waals surface area contributed by atoms with Gasteiger partial charge in [0.15, 0.2) is 0 Å². The molecule has 2 heterocycles. The number of urea groups is 1. The van der Waals surface area contributed by atoms with Crippen molar-refractivity contribution in [2.75, 3.05) is 38.0 Å². The van der Waals surface area contributed by atoms with E-state index in [-0.39, 0.29) is 6.03 Å². The van der Waals surface area contributed by atoms with Crippen molar-refractivity contribution in [1.82, 2.24) is 20.0 Å². The minimum absolute atomic E-state index is 0.144. The molecule has 0 radical (unpaired) electrons. The number of aliphatic hydroxyl groups is 1. The first-order valence-electron chi connectivity index (χ1n) is 7.93. The number of β-amino-alcohol motifs (C(OH)–C–C–N with tert-alkyl or cyclic N) is 1. The first-order chi connectivity index (χ1) is 11.6. The fraction of sp³-hybridized carbons (Fsp3) is 0.438. The van der Waals surface area contributed by atoms with E-state index in [4.69, 9.17) is 0 Å². The summed E-state index contributed by atoms with van der Waals surface area (Å²) in [6.07, 6.45) is -0.504. The lowest BCUT2D eigenvalue weighted by molar-refractivity contribution is 0.0831. The predicted octanol–water partition coefficient (Wildman–Crippen LogP) is 1.73. The lowest BCUT2D eigenvalue weighted by atomic mass is 10.1. The zero-order valence-corrected chi connectivity index (χ0v) is 14.4. The third-order valence-corrected chi connectivity index (χ3v) is 4.77. The minimum atomic E-state index is -0.504. The minimum Gasteiger partial charge on any atom is -0.387 e. The number of aromatic nitrogens is 2. The largest absolute Gasteiger partial charge is 0.387 e. The van der Waals surface area contributed by atoms with Crippen LogP contribution in [0.25, 0.3) is 0 Å². The second kappa shape index (κ2) is 7.69. The summed E-state index contributed by atoms with van der Waals surface area (Å²) in [6, 6.07) is 9.50. The second-order valence-electron chi connectivity index (χ2n) is 5.77. The van der Waals surface area contributed by atoms with E-state index in [1.54, 1.807) is 4.90 Å². The number of nitrogens with one attached hydrogen (secondary N) is 1. The molecule has 0 saturated carbocycles. The van der Waals surface area contributed by atoms with Crippen LogP contribution in [0.5, 0.6) is 0 Å². The number of carbonyl (C=O) groups excluding carboxylic acids is 1.